The van der Waals surface area contributed by atoms with Gasteiger partial charge in [0.05, 0.1) is 13.2 Å². The first-order valence-corrected chi connectivity index (χ1v) is 8.42. The zero-order valence-electron chi connectivity index (χ0n) is 15.4. The van der Waals surface area contributed by atoms with Crippen LogP contribution < -0.4 is 0 Å². The van der Waals surface area contributed by atoms with Crippen LogP contribution in [0.15, 0.2) is 0 Å². The molecule has 0 aliphatic heterocycles. The van der Waals surface area contributed by atoms with Crippen LogP contribution >= 0.6 is 0 Å². The van der Waals surface area contributed by atoms with Crippen LogP contribution in [0.1, 0.15) is 6.92 Å². The van der Waals surface area contributed by atoms with E-state index in [1.165, 1.54) is 6.92 Å². The fourth-order valence-corrected chi connectivity index (χ4v) is 1.91. The van der Waals surface area contributed by atoms with E-state index in [4.69, 9.17) is 20.4 Å². The van der Waals surface area contributed by atoms with Crippen LogP contribution in [0.5, 0.6) is 0 Å². The highest BCUT2D eigenvalue weighted by Gasteiger charge is 2.37. The molecule has 0 radical (unpaired) electrons. The van der Waals surface area contributed by atoms with E-state index < -0.39 is 86.7 Å². The maximum absolute atomic E-state index is 11.7. The van der Waals surface area contributed by atoms with Gasteiger partial charge >= 0.3 is 11.9 Å². The first kappa shape index (κ1) is 27.5. The van der Waals surface area contributed by atoms with Gasteiger partial charge in [0, 0.05) is 0 Å². The van der Waals surface area contributed by atoms with Crippen LogP contribution in [0.25, 0.3) is 0 Å². The first-order valence-electron chi connectivity index (χ1n) is 8.42. The molecule has 0 heterocycles. The Morgan fingerprint density at radius 3 is 1.45 bits per heavy atom. The number of hydrogen-bond donors (Lipinski definition) is 10. The minimum atomic E-state index is -2.31. The van der Waals surface area contributed by atoms with Gasteiger partial charge in [-0.05, 0) is 6.92 Å². The summed E-state index contributed by atoms with van der Waals surface area (Å²) in [5, 5.41) is 92.7. The third kappa shape index (κ3) is 8.43. The molecule has 14 nitrogen and oxygen atoms in total. The molecule has 10 N–H and O–H groups in total. The number of carbonyl (C=O) groups is 2. The topological polar surface area (TPSA) is 255 Å². The summed E-state index contributed by atoms with van der Waals surface area (Å²) < 4.78 is 9.19. The van der Waals surface area contributed by atoms with Crippen molar-refractivity contribution in [1.82, 2.24) is 0 Å². The van der Waals surface area contributed by atoms with Crippen molar-refractivity contribution in [2.75, 3.05) is 19.8 Å². The summed E-state index contributed by atoms with van der Waals surface area (Å²) in [4.78, 5) is 23.3. The molecule has 0 aromatic rings. The van der Waals surface area contributed by atoms with Crippen molar-refractivity contribution in [3.8, 4) is 0 Å². The maximum atomic E-state index is 11.7. The highest BCUT2D eigenvalue weighted by Crippen LogP contribution is 2.10. The zero-order chi connectivity index (χ0) is 22.9. The highest BCUT2D eigenvalue weighted by atomic mass is 16.6. The second-order valence-electron chi connectivity index (χ2n) is 6.23. The van der Waals surface area contributed by atoms with Crippen LogP contribution in [0.4, 0.5) is 0 Å². The Kier molecular flexibility index (Phi) is 12.3. The molecule has 0 aliphatic rings. The lowest BCUT2D eigenvalue weighted by atomic mass is 10.0. The van der Waals surface area contributed by atoms with Gasteiger partial charge in [-0.2, -0.15) is 0 Å². The molecule has 0 aromatic carbocycles. The predicted molar refractivity (Wildman–Crippen MR) is 88.7 cm³/mol. The lowest BCUT2D eigenvalue weighted by Crippen LogP contribution is -2.50. The molecule has 0 saturated carbocycles. The second kappa shape index (κ2) is 13.0. The Hall–Kier alpha value is -1.46. The van der Waals surface area contributed by atoms with Gasteiger partial charge in [0.15, 0.2) is 12.2 Å². The number of esters is 2. The van der Waals surface area contributed by atoms with E-state index in [0.29, 0.717) is 0 Å². The first-order chi connectivity index (χ1) is 13.4. The van der Waals surface area contributed by atoms with E-state index in [0.717, 1.165) is 0 Å². The molecular formula is C15H28O14. The molecule has 172 valence electrons. The van der Waals surface area contributed by atoms with Crippen molar-refractivity contribution in [2.24, 2.45) is 0 Å². The van der Waals surface area contributed by atoms with Gasteiger partial charge < -0.3 is 60.5 Å². The average Bonchev–Trinajstić information content (AvgIpc) is 2.72. The summed E-state index contributed by atoms with van der Waals surface area (Å²) in [5.41, 5.74) is 0. The summed E-state index contributed by atoms with van der Waals surface area (Å²) in [6.07, 6.45) is -18.1. The van der Waals surface area contributed by atoms with E-state index >= 15 is 0 Å². The molecule has 1 unspecified atom stereocenters. The number of ether oxygens (including phenoxy) is 2. The Morgan fingerprint density at radius 1 is 0.690 bits per heavy atom. The fourth-order valence-electron chi connectivity index (χ4n) is 1.91. The number of hydrogen-bond acceptors (Lipinski definition) is 14. The van der Waals surface area contributed by atoms with Gasteiger partial charge in [-0.1, -0.05) is 0 Å². The van der Waals surface area contributed by atoms with Crippen molar-refractivity contribution in [1.29, 1.82) is 0 Å². The van der Waals surface area contributed by atoms with E-state index in [9.17, 15) is 40.2 Å². The molecule has 0 fully saturated rings. The smallest absolute Gasteiger partial charge is 0.338 e. The Balaban J connectivity index is 4.58. The third-order valence-corrected chi connectivity index (χ3v) is 3.77. The van der Waals surface area contributed by atoms with Crippen molar-refractivity contribution >= 4 is 11.9 Å². The largest absolute Gasteiger partial charge is 0.460 e. The van der Waals surface area contributed by atoms with Gasteiger partial charge in [-0.15, -0.1) is 0 Å². The molecule has 9 atom stereocenters. The molecule has 0 amide bonds. The predicted octanol–water partition coefficient (Wildman–Crippen LogP) is -6.67. The number of rotatable bonds is 13. The second-order valence-corrected chi connectivity index (χ2v) is 6.23. The number of carbonyl (C=O) groups excluding carboxylic acids is 2. The summed E-state index contributed by atoms with van der Waals surface area (Å²) in [6, 6.07) is 0. The van der Waals surface area contributed by atoms with Gasteiger partial charge in [-0.3, -0.25) is 0 Å². The minimum absolute atomic E-state index is 0.697. The van der Waals surface area contributed by atoms with E-state index in [1.807, 2.05) is 0 Å². The molecule has 0 rings (SSSR count). The number of aliphatic hydroxyl groups is 10. The Morgan fingerprint density at radius 2 is 1.07 bits per heavy atom. The maximum Gasteiger partial charge on any atom is 0.338 e. The van der Waals surface area contributed by atoms with Gasteiger partial charge in [0.25, 0.3) is 0 Å². The average molecular weight is 432 g/mol. The van der Waals surface area contributed by atoms with Crippen molar-refractivity contribution in [3.05, 3.63) is 0 Å². The normalized spacial score (nSPS) is 21.1. The van der Waals surface area contributed by atoms with Crippen molar-refractivity contribution in [3.63, 3.8) is 0 Å². The quantitative estimate of drug-likeness (QED) is 0.121. The summed E-state index contributed by atoms with van der Waals surface area (Å²) in [5.74, 6) is -2.93. The standard InChI is InChI=1S/C15H28O14/c1-5(29-15(27)13(25)11(23)9(21)7(19)3-17)4-28-14(26)12(24)10(22)8(20)6(18)2-16/h5-13,16-25H,2-4H2,1H3/t5?,6-,7-,8-,9-,10+,11+,12-,13-/m1/s1. The third-order valence-electron chi connectivity index (χ3n) is 3.77. The minimum Gasteiger partial charge on any atom is -0.460 e. The molecule has 0 aliphatic carbocycles. The Bertz CT molecular complexity index is 501. The summed E-state index contributed by atoms with van der Waals surface area (Å²) in [7, 11) is 0. The lowest BCUT2D eigenvalue weighted by Gasteiger charge is -2.26. The van der Waals surface area contributed by atoms with E-state index in [2.05, 4.69) is 9.47 Å². The van der Waals surface area contributed by atoms with Gasteiger partial charge in [0.2, 0.25) is 0 Å². The lowest BCUT2D eigenvalue weighted by molar-refractivity contribution is -0.183. The van der Waals surface area contributed by atoms with Crippen LogP contribution in [-0.2, 0) is 19.1 Å². The SMILES string of the molecule is CC(COC(=O)[C@H](O)[C@@H](O)[C@H](O)[C@H](O)CO)OC(=O)[C@H](O)[C@@H](O)[C@H](O)[C@H](O)CO. The van der Waals surface area contributed by atoms with Crippen LogP contribution in [-0.4, -0.2) is 138 Å². The highest BCUT2D eigenvalue weighted by molar-refractivity contribution is 5.76. The molecule has 14 heteroatoms. The molecule has 29 heavy (non-hydrogen) atoms. The van der Waals surface area contributed by atoms with E-state index in [1.54, 1.807) is 0 Å². The van der Waals surface area contributed by atoms with Gasteiger partial charge in [-0.25, -0.2) is 9.59 Å². The van der Waals surface area contributed by atoms with Gasteiger partial charge in [0.1, 0.15) is 49.3 Å². The van der Waals surface area contributed by atoms with Crippen LogP contribution in [0, 0.1) is 0 Å². The fraction of sp³-hybridized carbons (Fsp3) is 0.867. The van der Waals surface area contributed by atoms with E-state index in [-0.39, 0.29) is 0 Å². The summed E-state index contributed by atoms with van der Waals surface area (Å²) >= 11 is 0. The Labute approximate surface area is 164 Å². The molecule has 0 aromatic heterocycles. The van der Waals surface area contributed by atoms with Crippen LogP contribution in [0.2, 0.25) is 0 Å². The molecule has 0 bridgehead atoms. The molecule has 0 saturated heterocycles. The van der Waals surface area contributed by atoms with Crippen molar-refractivity contribution < 1.29 is 70.1 Å². The molecular weight excluding hydrogens is 404 g/mol. The number of aliphatic hydroxyl groups excluding tert-OH is 10. The zero-order valence-corrected chi connectivity index (χ0v) is 15.4. The van der Waals surface area contributed by atoms with Crippen LogP contribution in [0.3, 0.4) is 0 Å². The monoisotopic (exact) mass is 432 g/mol. The molecule has 0 spiro atoms. The van der Waals surface area contributed by atoms with Crippen molar-refractivity contribution in [2.45, 2.75) is 61.9 Å². The summed E-state index contributed by atoms with van der Waals surface area (Å²) in [6.45, 7) is -1.43.